The summed E-state index contributed by atoms with van der Waals surface area (Å²) in [5.74, 6) is 1.95. The zero-order chi connectivity index (χ0) is 26.7. The highest BCUT2D eigenvalue weighted by molar-refractivity contribution is 7.18. The second-order valence-electron chi connectivity index (χ2n) is 10.9. The van der Waals surface area contributed by atoms with Crippen molar-refractivity contribution in [1.29, 1.82) is 0 Å². The Bertz CT molecular complexity index is 1250. The highest BCUT2D eigenvalue weighted by Crippen LogP contribution is 2.36. The Morgan fingerprint density at radius 1 is 1.19 bits per heavy atom. The maximum absolute atomic E-state index is 12.7. The molecule has 1 amide bonds. The fourth-order valence-electron chi connectivity index (χ4n) is 4.35. The lowest BCUT2D eigenvalue weighted by atomic mass is 10.1. The molecule has 10 heteroatoms. The molecule has 0 radical (unpaired) electrons. The normalized spacial score (nSPS) is 15.2. The number of aryl methyl sites for hydroxylation is 2. The number of nitrogens with one attached hydrogen (secondary N) is 1. The molecule has 3 aromatic rings. The molecule has 0 bridgehead atoms. The van der Waals surface area contributed by atoms with E-state index in [1.807, 2.05) is 44.9 Å². The molecule has 200 valence electrons. The third-order valence-electron chi connectivity index (χ3n) is 6.50. The molecule has 0 aliphatic carbocycles. The van der Waals surface area contributed by atoms with Gasteiger partial charge in [0.15, 0.2) is 5.82 Å². The number of thiophene rings is 1. The monoisotopic (exact) mass is 525 g/mol. The molecule has 0 atom stereocenters. The molecule has 9 nitrogen and oxygen atoms in total. The van der Waals surface area contributed by atoms with Crippen molar-refractivity contribution < 1.29 is 9.53 Å². The van der Waals surface area contributed by atoms with Crippen molar-refractivity contribution in [1.82, 2.24) is 30.1 Å². The summed E-state index contributed by atoms with van der Waals surface area (Å²) in [6, 6.07) is 3.77. The van der Waals surface area contributed by atoms with Crippen LogP contribution in [-0.2, 0) is 4.79 Å². The first kappa shape index (κ1) is 27.2. The van der Waals surface area contributed by atoms with Gasteiger partial charge in [-0.1, -0.05) is 0 Å². The van der Waals surface area contributed by atoms with Gasteiger partial charge in [0.1, 0.15) is 28.7 Å². The van der Waals surface area contributed by atoms with Crippen molar-refractivity contribution >= 4 is 33.3 Å². The molecule has 4 heterocycles. The number of hydrogen-bond donors (Lipinski definition) is 1. The largest absolute Gasteiger partial charge is 0.492 e. The highest BCUT2D eigenvalue weighted by atomic mass is 32.1. The van der Waals surface area contributed by atoms with Crippen molar-refractivity contribution in [3.8, 4) is 17.3 Å². The van der Waals surface area contributed by atoms with Gasteiger partial charge in [-0.15, -0.1) is 11.3 Å². The number of likely N-dealkylation sites (N-methyl/N-ethyl adjacent to an activating group) is 2. The molecule has 1 aliphatic heterocycles. The summed E-state index contributed by atoms with van der Waals surface area (Å²) in [4.78, 5) is 35.7. The van der Waals surface area contributed by atoms with Crippen LogP contribution in [0.1, 0.15) is 31.2 Å². The van der Waals surface area contributed by atoms with Gasteiger partial charge in [0.25, 0.3) is 0 Å². The molecule has 1 N–H and O–H groups in total. The molecular weight excluding hydrogens is 486 g/mol. The number of carbonyl (C=O) groups is 1. The van der Waals surface area contributed by atoms with E-state index in [0.717, 1.165) is 60.1 Å². The predicted molar refractivity (Wildman–Crippen MR) is 151 cm³/mol. The summed E-state index contributed by atoms with van der Waals surface area (Å²) >= 11 is 1.64. The standard InChI is InChI=1S/C27H39N7O2S/c1-18-19(2)37-26-23(18)25(33(7)17-22(35)31-27(3,4)5)29-24(30-26)21-16-20(8-9-28-21)36-15-14-34-12-10-32(6)11-13-34/h8-9,16H,10-15,17H2,1-7H3,(H,31,35). The summed E-state index contributed by atoms with van der Waals surface area (Å²) < 4.78 is 6.07. The van der Waals surface area contributed by atoms with E-state index in [-0.39, 0.29) is 18.0 Å². The van der Waals surface area contributed by atoms with Gasteiger partial charge in [0.05, 0.1) is 11.9 Å². The average molecular weight is 526 g/mol. The molecule has 0 aromatic carbocycles. The van der Waals surface area contributed by atoms with Gasteiger partial charge in [0, 0.05) is 62.5 Å². The van der Waals surface area contributed by atoms with Crippen LogP contribution in [0.15, 0.2) is 18.3 Å². The van der Waals surface area contributed by atoms with E-state index in [4.69, 9.17) is 14.7 Å². The van der Waals surface area contributed by atoms with Crippen LogP contribution in [0.4, 0.5) is 5.82 Å². The quantitative estimate of drug-likeness (QED) is 0.479. The minimum Gasteiger partial charge on any atom is -0.492 e. The lowest BCUT2D eigenvalue weighted by Crippen LogP contribution is -2.45. The summed E-state index contributed by atoms with van der Waals surface area (Å²) in [5.41, 5.74) is 1.49. The van der Waals surface area contributed by atoms with Crippen molar-refractivity contribution in [3.63, 3.8) is 0 Å². The first-order chi connectivity index (χ1) is 17.5. The van der Waals surface area contributed by atoms with Crippen LogP contribution >= 0.6 is 11.3 Å². The van der Waals surface area contributed by atoms with Gasteiger partial charge in [-0.25, -0.2) is 9.97 Å². The van der Waals surface area contributed by atoms with E-state index in [1.165, 1.54) is 4.88 Å². The van der Waals surface area contributed by atoms with Crippen molar-refractivity contribution in [3.05, 3.63) is 28.8 Å². The van der Waals surface area contributed by atoms with Crippen LogP contribution in [-0.4, -0.2) is 96.2 Å². The second kappa shape index (κ2) is 11.3. The minimum absolute atomic E-state index is 0.0539. The lowest BCUT2D eigenvalue weighted by Gasteiger charge is -2.32. The molecule has 1 saturated heterocycles. The van der Waals surface area contributed by atoms with E-state index in [0.29, 0.717) is 18.1 Å². The van der Waals surface area contributed by atoms with Gasteiger partial charge >= 0.3 is 0 Å². The molecule has 0 saturated carbocycles. The summed E-state index contributed by atoms with van der Waals surface area (Å²) in [6.45, 7) is 16.1. The number of ether oxygens (including phenoxy) is 1. The highest BCUT2D eigenvalue weighted by Gasteiger charge is 2.22. The molecule has 1 fully saturated rings. The number of rotatable bonds is 8. The average Bonchev–Trinajstić information content (AvgIpc) is 3.12. The van der Waals surface area contributed by atoms with Gasteiger partial charge in [-0.2, -0.15) is 0 Å². The summed E-state index contributed by atoms with van der Waals surface area (Å²) in [7, 11) is 4.06. The third kappa shape index (κ3) is 6.94. The van der Waals surface area contributed by atoms with Gasteiger partial charge < -0.3 is 19.9 Å². The smallest absolute Gasteiger partial charge is 0.239 e. The molecule has 3 aromatic heterocycles. The first-order valence-corrected chi connectivity index (χ1v) is 13.6. The summed E-state index contributed by atoms with van der Waals surface area (Å²) in [6.07, 6.45) is 1.74. The third-order valence-corrected chi connectivity index (χ3v) is 7.60. The zero-order valence-electron chi connectivity index (χ0n) is 23.1. The Balaban J connectivity index is 1.55. The lowest BCUT2D eigenvalue weighted by molar-refractivity contribution is -0.121. The fraction of sp³-hybridized carbons (Fsp3) is 0.556. The Kier molecular flexibility index (Phi) is 8.30. The second-order valence-corrected chi connectivity index (χ2v) is 12.1. The van der Waals surface area contributed by atoms with E-state index in [9.17, 15) is 4.79 Å². The van der Waals surface area contributed by atoms with Crippen molar-refractivity contribution in [2.24, 2.45) is 0 Å². The Morgan fingerprint density at radius 3 is 2.62 bits per heavy atom. The van der Waals surface area contributed by atoms with Crippen molar-refractivity contribution in [2.75, 3.05) is 64.9 Å². The SMILES string of the molecule is Cc1sc2nc(-c3cc(OCCN4CCN(C)CC4)ccn3)nc(N(C)CC(=O)NC(C)(C)C)c2c1C. The van der Waals surface area contributed by atoms with Crippen LogP contribution in [0.2, 0.25) is 0 Å². The van der Waals surface area contributed by atoms with E-state index < -0.39 is 0 Å². The van der Waals surface area contributed by atoms with E-state index in [1.54, 1.807) is 17.5 Å². The number of hydrogen-bond acceptors (Lipinski definition) is 9. The number of anilines is 1. The van der Waals surface area contributed by atoms with Crippen molar-refractivity contribution in [2.45, 2.75) is 40.2 Å². The Hall–Kier alpha value is -2.82. The zero-order valence-corrected chi connectivity index (χ0v) is 23.9. The predicted octanol–water partition coefficient (Wildman–Crippen LogP) is 3.35. The first-order valence-electron chi connectivity index (χ1n) is 12.8. The fourth-order valence-corrected chi connectivity index (χ4v) is 5.38. The van der Waals surface area contributed by atoms with Crippen LogP contribution in [0.25, 0.3) is 21.7 Å². The maximum Gasteiger partial charge on any atom is 0.239 e. The molecule has 0 spiro atoms. The van der Waals surface area contributed by atoms with Gasteiger partial charge in [0.2, 0.25) is 5.91 Å². The molecule has 37 heavy (non-hydrogen) atoms. The molecule has 1 aliphatic rings. The van der Waals surface area contributed by atoms with Crippen LogP contribution in [0.5, 0.6) is 5.75 Å². The molecule has 4 rings (SSSR count). The van der Waals surface area contributed by atoms with Gasteiger partial charge in [-0.3, -0.25) is 14.7 Å². The van der Waals surface area contributed by atoms with Gasteiger partial charge in [-0.05, 0) is 53.3 Å². The topological polar surface area (TPSA) is 86.7 Å². The number of piperazine rings is 1. The molecular formula is C27H39N7O2S. The Morgan fingerprint density at radius 2 is 1.92 bits per heavy atom. The maximum atomic E-state index is 12.7. The van der Waals surface area contributed by atoms with E-state index >= 15 is 0 Å². The number of pyridine rings is 1. The Labute approximate surface area is 223 Å². The summed E-state index contributed by atoms with van der Waals surface area (Å²) in [5, 5.41) is 4.01. The number of amides is 1. The number of carbonyl (C=O) groups excluding carboxylic acids is 1. The number of nitrogens with zero attached hydrogens (tertiary/aromatic N) is 6. The van der Waals surface area contributed by atoms with Crippen LogP contribution < -0.4 is 15.0 Å². The number of fused-ring (bicyclic) bond motifs is 1. The van der Waals surface area contributed by atoms with Crippen LogP contribution in [0.3, 0.4) is 0 Å². The number of aromatic nitrogens is 3. The van der Waals surface area contributed by atoms with Crippen LogP contribution in [0, 0.1) is 13.8 Å². The molecule has 0 unspecified atom stereocenters. The minimum atomic E-state index is -0.298. The van der Waals surface area contributed by atoms with E-state index in [2.05, 4.69) is 41.0 Å².